The zero-order chi connectivity index (χ0) is 20.8. The highest BCUT2D eigenvalue weighted by atomic mass is 16.5. The van der Waals surface area contributed by atoms with Crippen molar-refractivity contribution in [2.24, 2.45) is 0 Å². The molecule has 2 aliphatic rings. The quantitative estimate of drug-likeness (QED) is 0.761. The van der Waals surface area contributed by atoms with E-state index in [2.05, 4.69) is 39.4 Å². The number of carbonyl (C=O) groups excluding carboxylic acids is 1. The van der Waals surface area contributed by atoms with Crippen molar-refractivity contribution in [1.29, 1.82) is 0 Å². The third kappa shape index (κ3) is 5.39. The van der Waals surface area contributed by atoms with Crippen LogP contribution in [0.5, 0.6) is 5.75 Å². The van der Waals surface area contributed by atoms with E-state index in [4.69, 9.17) is 9.47 Å². The maximum absolute atomic E-state index is 12.7. The number of benzene rings is 2. The Bertz CT molecular complexity index is 817. The normalized spacial score (nSPS) is 20.2. The summed E-state index contributed by atoms with van der Waals surface area (Å²) in [7, 11) is 1.68. The Hall–Kier alpha value is -2.41. The van der Waals surface area contributed by atoms with Crippen LogP contribution >= 0.6 is 0 Å². The van der Waals surface area contributed by atoms with Gasteiger partial charge in [0.25, 0.3) is 0 Å². The van der Waals surface area contributed by atoms with Gasteiger partial charge in [-0.25, -0.2) is 0 Å². The van der Waals surface area contributed by atoms with Crippen LogP contribution in [0.1, 0.15) is 30.0 Å². The number of hydrogen-bond donors (Lipinski definition) is 1. The predicted octanol–water partition coefficient (Wildman–Crippen LogP) is 3.30. The Kier molecular flexibility index (Phi) is 7.00. The lowest BCUT2D eigenvalue weighted by Gasteiger charge is -2.26. The van der Waals surface area contributed by atoms with Gasteiger partial charge in [-0.15, -0.1) is 0 Å². The second-order valence-corrected chi connectivity index (χ2v) is 8.04. The van der Waals surface area contributed by atoms with Gasteiger partial charge in [-0.2, -0.15) is 0 Å². The van der Waals surface area contributed by atoms with Crippen LogP contribution in [0.2, 0.25) is 0 Å². The number of likely N-dealkylation sites (tertiary alicyclic amines) is 1. The molecular formula is C24H31N3O3. The second kappa shape index (κ2) is 10.1. The standard InChI is InChI=1S/C24H31N3O3/c1-29-22-10-6-20(7-11-22)23-3-2-12-27(23)18-24(28)25-21-8-4-19(5-9-21)17-26-13-15-30-16-14-26/h4-11,23H,2-3,12-18H2,1H3,(H,25,28)/t23-/m1/s1. The monoisotopic (exact) mass is 409 g/mol. The molecule has 30 heavy (non-hydrogen) atoms. The number of nitrogens with zero attached hydrogens (tertiary/aromatic N) is 2. The van der Waals surface area contributed by atoms with Gasteiger partial charge in [-0.3, -0.25) is 14.6 Å². The Morgan fingerprint density at radius 1 is 1.07 bits per heavy atom. The van der Waals surface area contributed by atoms with Gasteiger partial charge in [0.2, 0.25) is 5.91 Å². The summed E-state index contributed by atoms with van der Waals surface area (Å²) in [5.41, 5.74) is 3.36. The molecule has 0 unspecified atom stereocenters. The van der Waals surface area contributed by atoms with Crippen LogP contribution in [0.3, 0.4) is 0 Å². The summed E-state index contributed by atoms with van der Waals surface area (Å²) >= 11 is 0. The predicted molar refractivity (Wildman–Crippen MR) is 118 cm³/mol. The van der Waals surface area contributed by atoms with Crippen molar-refractivity contribution in [2.75, 3.05) is 51.8 Å². The number of morpholine rings is 1. The summed E-state index contributed by atoms with van der Waals surface area (Å²) in [6.07, 6.45) is 2.19. The Morgan fingerprint density at radius 2 is 1.80 bits per heavy atom. The van der Waals surface area contributed by atoms with Crippen molar-refractivity contribution in [3.05, 3.63) is 59.7 Å². The molecule has 0 spiro atoms. The summed E-state index contributed by atoms with van der Waals surface area (Å²) < 4.78 is 10.7. The number of nitrogens with one attached hydrogen (secondary N) is 1. The van der Waals surface area contributed by atoms with E-state index in [1.807, 2.05) is 24.3 Å². The number of ether oxygens (including phenoxy) is 2. The molecule has 0 saturated carbocycles. The van der Waals surface area contributed by atoms with Crippen molar-refractivity contribution in [3.8, 4) is 5.75 Å². The molecule has 1 amide bonds. The highest BCUT2D eigenvalue weighted by molar-refractivity contribution is 5.92. The van der Waals surface area contributed by atoms with E-state index >= 15 is 0 Å². The third-order valence-corrected chi connectivity index (χ3v) is 5.96. The first-order valence-corrected chi connectivity index (χ1v) is 10.8. The summed E-state index contributed by atoms with van der Waals surface area (Å²) in [5.74, 6) is 0.898. The van der Waals surface area contributed by atoms with Crippen LogP contribution in [0.15, 0.2) is 48.5 Å². The molecule has 0 aliphatic carbocycles. The summed E-state index contributed by atoms with van der Waals surface area (Å²) in [4.78, 5) is 17.3. The van der Waals surface area contributed by atoms with Crippen molar-refractivity contribution in [2.45, 2.75) is 25.4 Å². The fourth-order valence-electron chi connectivity index (χ4n) is 4.31. The van der Waals surface area contributed by atoms with Crippen LogP contribution in [0.4, 0.5) is 5.69 Å². The molecule has 0 radical (unpaired) electrons. The molecule has 1 atom stereocenters. The van der Waals surface area contributed by atoms with Gasteiger partial charge in [-0.05, 0) is 54.8 Å². The van der Waals surface area contributed by atoms with Gasteiger partial charge in [0.05, 0.1) is 26.9 Å². The Balaban J connectivity index is 1.30. The fourth-order valence-corrected chi connectivity index (χ4v) is 4.31. The number of rotatable bonds is 7. The van der Waals surface area contributed by atoms with E-state index in [-0.39, 0.29) is 11.9 Å². The lowest BCUT2D eigenvalue weighted by Crippen LogP contribution is -2.35. The number of methoxy groups -OCH3 is 1. The molecule has 2 aromatic rings. The van der Waals surface area contributed by atoms with E-state index in [0.717, 1.165) is 63.7 Å². The number of amides is 1. The topological polar surface area (TPSA) is 54.0 Å². The molecule has 0 aromatic heterocycles. The second-order valence-electron chi connectivity index (χ2n) is 8.04. The maximum atomic E-state index is 12.7. The zero-order valence-electron chi connectivity index (χ0n) is 17.7. The largest absolute Gasteiger partial charge is 0.497 e. The van der Waals surface area contributed by atoms with E-state index in [0.29, 0.717) is 6.54 Å². The average molecular weight is 410 g/mol. The SMILES string of the molecule is COc1ccc([C@H]2CCCN2CC(=O)Nc2ccc(CN3CCOCC3)cc2)cc1. The molecule has 6 nitrogen and oxygen atoms in total. The number of hydrogen-bond acceptors (Lipinski definition) is 5. The molecule has 2 fully saturated rings. The van der Waals surface area contributed by atoms with E-state index in [1.54, 1.807) is 7.11 Å². The highest BCUT2D eigenvalue weighted by Crippen LogP contribution is 2.32. The Labute approximate surface area is 178 Å². The molecule has 2 saturated heterocycles. The van der Waals surface area contributed by atoms with E-state index < -0.39 is 0 Å². The number of carbonyl (C=O) groups is 1. The van der Waals surface area contributed by atoms with Gasteiger partial charge < -0.3 is 14.8 Å². The van der Waals surface area contributed by atoms with Crippen LogP contribution in [-0.2, 0) is 16.1 Å². The van der Waals surface area contributed by atoms with Crippen LogP contribution in [0, 0.1) is 0 Å². The van der Waals surface area contributed by atoms with Crippen molar-refractivity contribution in [3.63, 3.8) is 0 Å². The van der Waals surface area contributed by atoms with Gasteiger partial charge in [0.1, 0.15) is 5.75 Å². The molecule has 4 rings (SSSR count). The summed E-state index contributed by atoms with van der Waals surface area (Å²) in [6.45, 7) is 5.85. The molecule has 6 heteroatoms. The minimum absolute atomic E-state index is 0.0383. The first-order valence-electron chi connectivity index (χ1n) is 10.8. The van der Waals surface area contributed by atoms with Crippen LogP contribution in [-0.4, -0.2) is 62.2 Å². The molecule has 1 N–H and O–H groups in total. The molecule has 160 valence electrons. The van der Waals surface area contributed by atoms with Crippen LogP contribution < -0.4 is 10.1 Å². The summed E-state index contributed by atoms with van der Waals surface area (Å²) in [5, 5.41) is 3.06. The fraction of sp³-hybridized carbons (Fsp3) is 0.458. The average Bonchev–Trinajstić information content (AvgIpc) is 3.24. The number of anilines is 1. The first kappa shape index (κ1) is 20.8. The van der Waals surface area contributed by atoms with Crippen molar-refractivity contribution in [1.82, 2.24) is 9.80 Å². The molecule has 2 aliphatic heterocycles. The highest BCUT2D eigenvalue weighted by Gasteiger charge is 2.27. The molecule has 2 aromatic carbocycles. The first-order chi connectivity index (χ1) is 14.7. The minimum Gasteiger partial charge on any atom is -0.497 e. The summed E-state index contributed by atoms with van der Waals surface area (Å²) in [6, 6.07) is 16.7. The third-order valence-electron chi connectivity index (χ3n) is 5.96. The van der Waals surface area contributed by atoms with Crippen molar-refractivity contribution < 1.29 is 14.3 Å². The zero-order valence-corrected chi connectivity index (χ0v) is 17.7. The smallest absolute Gasteiger partial charge is 0.238 e. The lowest BCUT2D eigenvalue weighted by atomic mass is 10.0. The molecule has 2 heterocycles. The van der Waals surface area contributed by atoms with Gasteiger partial charge in [-0.1, -0.05) is 24.3 Å². The maximum Gasteiger partial charge on any atom is 0.238 e. The van der Waals surface area contributed by atoms with Gasteiger partial charge in [0.15, 0.2) is 0 Å². The van der Waals surface area contributed by atoms with Crippen molar-refractivity contribution >= 4 is 11.6 Å². The van der Waals surface area contributed by atoms with Gasteiger partial charge >= 0.3 is 0 Å². The molecule has 0 bridgehead atoms. The minimum atomic E-state index is 0.0383. The lowest BCUT2D eigenvalue weighted by molar-refractivity contribution is -0.117. The van der Waals surface area contributed by atoms with Crippen LogP contribution in [0.25, 0.3) is 0 Å². The van der Waals surface area contributed by atoms with Gasteiger partial charge in [0, 0.05) is 31.4 Å². The van der Waals surface area contributed by atoms with E-state index in [9.17, 15) is 4.79 Å². The Morgan fingerprint density at radius 3 is 2.50 bits per heavy atom. The molecular weight excluding hydrogens is 378 g/mol. The van der Waals surface area contributed by atoms with E-state index in [1.165, 1.54) is 11.1 Å².